The highest BCUT2D eigenvalue weighted by molar-refractivity contribution is 6.35. The molecule has 1 aromatic carbocycles. The number of aryl methyl sites for hydroxylation is 1. The Morgan fingerprint density at radius 3 is 2.93 bits per heavy atom. The number of hydrogen-bond donors (Lipinski definition) is 0. The Morgan fingerprint density at radius 1 is 1.43 bits per heavy atom. The van der Waals surface area contributed by atoms with Gasteiger partial charge in [0.15, 0.2) is 5.58 Å². The SMILES string of the molecule is Cc1cc2cc(N=C=O)cc(Cl)c2o1. The molecule has 0 N–H and O–H groups in total. The molecule has 0 unspecified atom stereocenters. The van der Waals surface area contributed by atoms with Crippen molar-refractivity contribution < 1.29 is 9.21 Å². The first-order valence-electron chi connectivity index (χ1n) is 3.98. The summed E-state index contributed by atoms with van der Waals surface area (Å²) in [5.41, 5.74) is 1.10. The molecule has 2 rings (SSSR count). The normalized spacial score (nSPS) is 10.1. The molecule has 1 heterocycles. The van der Waals surface area contributed by atoms with Crippen LogP contribution in [0.2, 0.25) is 5.02 Å². The van der Waals surface area contributed by atoms with E-state index in [1.54, 1.807) is 12.1 Å². The van der Waals surface area contributed by atoms with E-state index in [2.05, 4.69) is 4.99 Å². The first-order chi connectivity index (χ1) is 6.70. The van der Waals surface area contributed by atoms with Crippen molar-refractivity contribution in [3.05, 3.63) is 29.0 Å². The molecule has 1 aromatic heterocycles. The van der Waals surface area contributed by atoms with Crippen LogP contribution in [-0.2, 0) is 4.79 Å². The summed E-state index contributed by atoms with van der Waals surface area (Å²) in [6.07, 6.45) is 1.47. The lowest BCUT2D eigenvalue weighted by atomic mass is 10.2. The van der Waals surface area contributed by atoms with Crippen LogP contribution in [0.15, 0.2) is 27.6 Å². The number of carbonyl (C=O) groups excluding carboxylic acids is 1. The molecule has 14 heavy (non-hydrogen) atoms. The molecular formula is C10H6ClNO2. The Hall–Kier alpha value is -1.57. The number of rotatable bonds is 1. The molecule has 0 atom stereocenters. The van der Waals surface area contributed by atoms with E-state index in [-0.39, 0.29) is 0 Å². The molecule has 0 spiro atoms. The molecule has 0 fully saturated rings. The second-order valence-corrected chi connectivity index (χ2v) is 3.31. The fraction of sp³-hybridized carbons (Fsp3) is 0.100. The van der Waals surface area contributed by atoms with Crippen LogP contribution in [0.3, 0.4) is 0 Å². The van der Waals surface area contributed by atoms with Gasteiger partial charge in [0.2, 0.25) is 6.08 Å². The molecule has 0 saturated carbocycles. The predicted molar refractivity (Wildman–Crippen MR) is 53.7 cm³/mol. The lowest BCUT2D eigenvalue weighted by Crippen LogP contribution is -1.68. The van der Waals surface area contributed by atoms with Crippen LogP contribution in [0.1, 0.15) is 5.76 Å². The number of hydrogen-bond acceptors (Lipinski definition) is 3. The van der Waals surface area contributed by atoms with E-state index in [0.717, 1.165) is 11.1 Å². The van der Waals surface area contributed by atoms with Crippen molar-refractivity contribution in [3.8, 4) is 0 Å². The summed E-state index contributed by atoms with van der Waals surface area (Å²) in [5.74, 6) is 0.772. The topological polar surface area (TPSA) is 42.6 Å². The monoisotopic (exact) mass is 207 g/mol. The van der Waals surface area contributed by atoms with E-state index in [1.807, 2.05) is 13.0 Å². The Balaban J connectivity index is 2.77. The second-order valence-electron chi connectivity index (χ2n) is 2.91. The maximum absolute atomic E-state index is 10.1. The van der Waals surface area contributed by atoms with Gasteiger partial charge in [-0.25, -0.2) is 4.79 Å². The lowest BCUT2D eigenvalue weighted by molar-refractivity contribution is 0.565. The Bertz CT molecular complexity index is 538. The smallest absolute Gasteiger partial charge is 0.240 e. The first kappa shape index (κ1) is 9.00. The van der Waals surface area contributed by atoms with Crippen LogP contribution in [0.4, 0.5) is 5.69 Å². The van der Waals surface area contributed by atoms with E-state index in [9.17, 15) is 4.79 Å². The second kappa shape index (κ2) is 3.29. The van der Waals surface area contributed by atoms with Gasteiger partial charge in [-0.15, -0.1) is 0 Å². The minimum atomic E-state index is 0.449. The Labute approximate surface area is 85.0 Å². The van der Waals surface area contributed by atoms with Crippen molar-refractivity contribution in [3.63, 3.8) is 0 Å². The predicted octanol–water partition coefficient (Wildman–Crippen LogP) is 3.36. The minimum Gasteiger partial charge on any atom is -0.460 e. The van der Waals surface area contributed by atoms with Gasteiger partial charge in [0, 0.05) is 5.39 Å². The number of isocyanates is 1. The van der Waals surface area contributed by atoms with Gasteiger partial charge in [-0.1, -0.05) is 11.6 Å². The van der Waals surface area contributed by atoms with Crippen molar-refractivity contribution in [1.29, 1.82) is 0 Å². The van der Waals surface area contributed by atoms with Crippen LogP contribution >= 0.6 is 11.6 Å². The summed E-state index contributed by atoms with van der Waals surface area (Å²) < 4.78 is 5.36. The summed E-state index contributed by atoms with van der Waals surface area (Å²) in [7, 11) is 0. The maximum atomic E-state index is 10.1. The van der Waals surface area contributed by atoms with Gasteiger partial charge in [0.1, 0.15) is 5.76 Å². The van der Waals surface area contributed by atoms with Gasteiger partial charge < -0.3 is 4.42 Å². The zero-order valence-electron chi connectivity index (χ0n) is 7.37. The third-order valence-electron chi connectivity index (χ3n) is 1.85. The third-order valence-corrected chi connectivity index (χ3v) is 2.13. The summed E-state index contributed by atoms with van der Waals surface area (Å²) in [5, 5.41) is 1.29. The summed E-state index contributed by atoms with van der Waals surface area (Å²) >= 11 is 5.93. The van der Waals surface area contributed by atoms with Crippen molar-refractivity contribution in [2.75, 3.05) is 0 Å². The molecule has 2 aromatic rings. The van der Waals surface area contributed by atoms with Crippen LogP contribution < -0.4 is 0 Å². The quantitative estimate of drug-likeness (QED) is 0.532. The molecule has 0 radical (unpaired) electrons. The fourth-order valence-corrected chi connectivity index (χ4v) is 1.60. The van der Waals surface area contributed by atoms with Gasteiger partial charge in [0.25, 0.3) is 0 Å². The third kappa shape index (κ3) is 1.43. The van der Waals surface area contributed by atoms with E-state index >= 15 is 0 Å². The van der Waals surface area contributed by atoms with Crippen LogP contribution in [0.25, 0.3) is 11.0 Å². The Kier molecular flexibility index (Phi) is 2.12. The molecule has 0 saturated heterocycles. The van der Waals surface area contributed by atoms with Gasteiger partial charge >= 0.3 is 0 Å². The van der Waals surface area contributed by atoms with Crippen molar-refractivity contribution >= 4 is 34.3 Å². The van der Waals surface area contributed by atoms with Crippen LogP contribution in [0, 0.1) is 6.92 Å². The van der Waals surface area contributed by atoms with Crippen molar-refractivity contribution in [2.45, 2.75) is 6.92 Å². The standard InChI is InChI=1S/C10H6ClNO2/c1-6-2-7-3-8(12-5-13)4-9(11)10(7)14-6/h2-4H,1H3. The summed E-state index contributed by atoms with van der Waals surface area (Å²) in [6.45, 7) is 1.83. The highest BCUT2D eigenvalue weighted by Crippen LogP contribution is 2.31. The molecule has 0 aliphatic rings. The number of benzene rings is 1. The summed E-state index contributed by atoms with van der Waals surface area (Å²) in [6, 6.07) is 5.13. The van der Waals surface area contributed by atoms with Crippen molar-refractivity contribution in [2.24, 2.45) is 4.99 Å². The zero-order chi connectivity index (χ0) is 10.1. The van der Waals surface area contributed by atoms with Gasteiger partial charge in [0.05, 0.1) is 10.7 Å². The zero-order valence-corrected chi connectivity index (χ0v) is 8.13. The molecular weight excluding hydrogens is 202 g/mol. The van der Waals surface area contributed by atoms with E-state index in [0.29, 0.717) is 16.3 Å². The van der Waals surface area contributed by atoms with Gasteiger partial charge in [-0.3, -0.25) is 0 Å². The molecule has 0 bridgehead atoms. The number of nitrogens with zero attached hydrogens (tertiary/aromatic N) is 1. The number of furan rings is 1. The Morgan fingerprint density at radius 2 is 2.21 bits per heavy atom. The lowest BCUT2D eigenvalue weighted by Gasteiger charge is -1.93. The van der Waals surface area contributed by atoms with Crippen molar-refractivity contribution in [1.82, 2.24) is 0 Å². The molecule has 3 nitrogen and oxygen atoms in total. The number of aliphatic imine (C=N–C) groups is 1. The highest BCUT2D eigenvalue weighted by atomic mass is 35.5. The minimum absolute atomic E-state index is 0.449. The average Bonchev–Trinajstić information content (AvgIpc) is 2.47. The van der Waals surface area contributed by atoms with Crippen LogP contribution in [0.5, 0.6) is 0 Å². The molecule has 0 amide bonds. The number of halogens is 1. The highest BCUT2D eigenvalue weighted by Gasteiger charge is 2.06. The fourth-order valence-electron chi connectivity index (χ4n) is 1.34. The largest absolute Gasteiger partial charge is 0.460 e. The summed E-state index contributed by atoms with van der Waals surface area (Å²) in [4.78, 5) is 13.6. The number of fused-ring (bicyclic) bond motifs is 1. The van der Waals surface area contributed by atoms with Gasteiger partial charge in [-0.2, -0.15) is 4.99 Å². The maximum Gasteiger partial charge on any atom is 0.240 e. The van der Waals surface area contributed by atoms with E-state index in [4.69, 9.17) is 16.0 Å². The molecule has 0 aliphatic carbocycles. The average molecular weight is 208 g/mol. The molecule has 0 aliphatic heterocycles. The first-order valence-corrected chi connectivity index (χ1v) is 4.36. The van der Waals surface area contributed by atoms with E-state index < -0.39 is 0 Å². The van der Waals surface area contributed by atoms with Crippen LogP contribution in [-0.4, -0.2) is 6.08 Å². The van der Waals surface area contributed by atoms with Gasteiger partial charge in [-0.05, 0) is 25.1 Å². The molecule has 4 heteroatoms. The van der Waals surface area contributed by atoms with E-state index in [1.165, 1.54) is 6.08 Å². The molecule has 70 valence electrons.